The maximum atomic E-state index is 13.3. The quantitative estimate of drug-likeness (QED) is 0.563. The summed E-state index contributed by atoms with van der Waals surface area (Å²) in [6.45, 7) is 0. The number of rotatable bonds is 3. The Hall–Kier alpha value is -1.40. The summed E-state index contributed by atoms with van der Waals surface area (Å²) in [5.41, 5.74) is 0.0622. The van der Waals surface area contributed by atoms with E-state index in [9.17, 15) is 14.2 Å². The van der Waals surface area contributed by atoms with Crippen LogP contribution in [0.3, 0.4) is 0 Å². The van der Waals surface area contributed by atoms with Crippen molar-refractivity contribution < 1.29 is 23.6 Å². The highest BCUT2D eigenvalue weighted by molar-refractivity contribution is 6.60. The van der Waals surface area contributed by atoms with Crippen LogP contribution in [0.15, 0.2) is 18.2 Å². The Labute approximate surface area is 86.8 Å². The molecule has 0 aliphatic rings. The van der Waals surface area contributed by atoms with Gasteiger partial charge in [0.05, 0.1) is 12.7 Å². The van der Waals surface area contributed by atoms with Gasteiger partial charge in [0.15, 0.2) is 0 Å². The maximum Gasteiger partial charge on any atom is 0.493 e. The molecular weight excluding hydrogens is 202 g/mol. The van der Waals surface area contributed by atoms with Gasteiger partial charge in [0.25, 0.3) is 0 Å². The number of carbonyl (C=O) groups is 1. The molecule has 1 aromatic carbocycles. The van der Waals surface area contributed by atoms with Gasteiger partial charge in [-0.1, -0.05) is 6.07 Å². The number of benzene rings is 1. The van der Waals surface area contributed by atoms with Gasteiger partial charge >= 0.3 is 13.1 Å². The third kappa shape index (κ3) is 2.54. The maximum absolute atomic E-state index is 13.3. The van der Waals surface area contributed by atoms with Gasteiger partial charge in [-0.15, -0.1) is 0 Å². The van der Waals surface area contributed by atoms with Gasteiger partial charge in [-0.2, -0.15) is 0 Å². The predicted octanol–water partition coefficient (Wildman–Crippen LogP) is -0.0538. The number of methoxy groups -OCH3 is 1. The third-order valence-electron chi connectivity index (χ3n) is 1.91. The van der Waals surface area contributed by atoms with Crippen LogP contribution < -0.4 is 5.46 Å². The normalized spacial score (nSPS) is 9.87. The smallest absolute Gasteiger partial charge is 0.465 e. The van der Waals surface area contributed by atoms with Crippen molar-refractivity contribution in [2.75, 3.05) is 14.2 Å². The second kappa shape index (κ2) is 4.90. The molecule has 1 rings (SSSR count). The van der Waals surface area contributed by atoms with Gasteiger partial charge in [-0.05, 0) is 12.1 Å². The molecule has 0 heterocycles. The van der Waals surface area contributed by atoms with E-state index < -0.39 is 18.9 Å². The predicted molar refractivity (Wildman–Crippen MR) is 52.4 cm³/mol. The summed E-state index contributed by atoms with van der Waals surface area (Å²) in [4.78, 5) is 11.0. The molecule has 80 valence electrons. The average Bonchev–Trinajstić information content (AvgIpc) is 2.26. The highest BCUT2D eigenvalue weighted by Gasteiger charge is 2.20. The van der Waals surface area contributed by atoms with Crippen LogP contribution in [-0.4, -0.2) is 32.3 Å². The van der Waals surface area contributed by atoms with Crippen LogP contribution in [0.4, 0.5) is 4.39 Å². The highest BCUT2D eigenvalue weighted by Crippen LogP contribution is 2.04. The van der Waals surface area contributed by atoms with Crippen LogP contribution in [0.25, 0.3) is 0 Å². The lowest BCUT2D eigenvalue weighted by Crippen LogP contribution is -2.35. The van der Waals surface area contributed by atoms with E-state index in [0.29, 0.717) is 0 Å². The number of hydrogen-bond acceptors (Lipinski definition) is 4. The first kappa shape index (κ1) is 11.7. The lowest BCUT2D eigenvalue weighted by molar-refractivity contribution is 0.0600. The highest BCUT2D eigenvalue weighted by atomic mass is 19.1. The zero-order valence-electron chi connectivity index (χ0n) is 8.36. The summed E-state index contributed by atoms with van der Waals surface area (Å²) in [6.07, 6.45) is 0. The minimum Gasteiger partial charge on any atom is -0.465 e. The van der Waals surface area contributed by atoms with Crippen molar-refractivity contribution in [3.63, 3.8) is 0 Å². The zero-order chi connectivity index (χ0) is 11.4. The van der Waals surface area contributed by atoms with E-state index in [-0.39, 0.29) is 11.0 Å². The van der Waals surface area contributed by atoms with Gasteiger partial charge in [0, 0.05) is 12.6 Å². The minimum absolute atomic E-state index is 0.0230. The molecule has 0 radical (unpaired) electrons. The average molecular weight is 212 g/mol. The van der Waals surface area contributed by atoms with Crippen molar-refractivity contribution in [3.05, 3.63) is 29.6 Å². The van der Waals surface area contributed by atoms with Crippen LogP contribution in [0.1, 0.15) is 10.4 Å². The number of halogens is 1. The molecule has 1 aromatic rings. The van der Waals surface area contributed by atoms with Crippen LogP contribution >= 0.6 is 0 Å². The Balaban J connectivity index is 3.03. The molecule has 0 aliphatic heterocycles. The SMILES string of the molecule is COB(O)c1ccc(C(=O)OC)cc1F. The molecule has 1 N–H and O–H groups in total. The molecule has 0 fully saturated rings. The van der Waals surface area contributed by atoms with E-state index in [1.165, 1.54) is 26.4 Å². The first-order valence-electron chi connectivity index (χ1n) is 4.18. The van der Waals surface area contributed by atoms with Gasteiger partial charge < -0.3 is 14.4 Å². The molecular formula is C9H10BFO4. The van der Waals surface area contributed by atoms with Gasteiger partial charge in [0.1, 0.15) is 5.82 Å². The van der Waals surface area contributed by atoms with Crippen molar-refractivity contribution in [2.24, 2.45) is 0 Å². The van der Waals surface area contributed by atoms with Crippen LogP contribution in [-0.2, 0) is 9.39 Å². The lowest BCUT2D eigenvalue weighted by Gasteiger charge is -2.06. The molecule has 0 unspecified atom stereocenters. The Morgan fingerprint density at radius 3 is 2.60 bits per heavy atom. The molecule has 0 amide bonds. The van der Waals surface area contributed by atoms with Gasteiger partial charge in [-0.3, -0.25) is 0 Å². The summed E-state index contributed by atoms with van der Waals surface area (Å²) in [6, 6.07) is 3.62. The molecule has 0 atom stereocenters. The minimum atomic E-state index is -1.34. The Morgan fingerprint density at radius 2 is 2.13 bits per heavy atom. The molecule has 0 bridgehead atoms. The molecule has 15 heavy (non-hydrogen) atoms. The molecule has 0 saturated carbocycles. The lowest BCUT2D eigenvalue weighted by atomic mass is 9.79. The second-order valence-corrected chi connectivity index (χ2v) is 2.82. The number of hydrogen-bond donors (Lipinski definition) is 1. The summed E-state index contributed by atoms with van der Waals surface area (Å²) >= 11 is 0. The van der Waals surface area contributed by atoms with E-state index >= 15 is 0 Å². The molecule has 4 nitrogen and oxygen atoms in total. The van der Waals surface area contributed by atoms with Crippen LogP contribution in [0.5, 0.6) is 0 Å². The molecule has 0 aliphatic carbocycles. The van der Waals surface area contributed by atoms with Crippen LogP contribution in [0.2, 0.25) is 0 Å². The monoisotopic (exact) mass is 212 g/mol. The first-order valence-corrected chi connectivity index (χ1v) is 4.18. The van der Waals surface area contributed by atoms with E-state index in [0.717, 1.165) is 6.07 Å². The van der Waals surface area contributed by atoms with E-state index in [2.05, 4.69) is 9.39 Å². The van der Waals surface area contributed by atoms with Crippen molar-refractivity contribution in [1.82, 2.24) is 0 Å². The second-order valence-electron chi connectivity index (χ2n) is 2.82. The fraction of sp³-hybridized carbons (Fsp3) is 0.222. The molecule has 6 heteroatoms. The summed E-state index contributed by atoms with van der Waals surface area (Å²) < 4.78 is 22.3. The largest absolute Gasteiger partial charge is 0.493 e. The number of esters is 1. The topological polar surface area (TPSA) is 55.8 Å². The summed E-state index contributed by atoms with van der Waals surface area (Å²) in [5.74, 6) is -1.35. The zero-order valence-corrected chi connectivity index (χ0v) is 8.36. The van der Waals surface area contributed by atoms with E-state index in [1.807, 2.05) is 0 Å². The first-order chi connectivity index (χ1) is 7.10. The molecule has 0 spiro atoms. The standard InChI is InChI=1S/C9H10BFO4/c1-14-9(12)6-3-4-7(8(11)5-6)10(13)15-2/h3-5,13H,1-2H3. The van der Waals surface area contributed by atoms with E-state index in [1.54, 1.807) is 0 Å². The third-order valence-corrected chi connectivity index (χ3v) is 1.91. The number of ether oxygens (including phenoxy) is 1. The Kier molecular flexibility index (Phi) is 3.82. The molecule has 0 saturated heterocycles. The summed E-state index contributed by atoms with van der Waals surface area (Å²) in [7, 11) is 1.12. The Bertz CT molecular complexity index is 369. The fourth-order valence-corrected chi connectivity index (χ4v) is 1.10. The summed E-state index contributed by atoms with van der Waals surface area (Å²) in [5, 5.41) is 9.22. The number of carbonyl (C=O) groups excluding carboxylic acids is 1. The van der Waals surface area contributed by atoms with Crippen LogP contribution in [0, 0.1) is 5.82 Å². The Morgan fingerprint density at radius 1 is 1.47 bits per heavy atom. The fourth-order valence-electron chi connectivity index (χ4n) is 1.10. The van der Waals surface area contributed by atoms with Gasteiger partial charge in [0.2, 0.25) is 0 Å². The van der Waals surface area contributed by atoms with Crippen molar-refractivity contribution in [2.45, 2.75) is 0 Å². The van der Waals surface area contributed by atoms with Crippen molar-refractivity contribution in [1.29, 1.82) is 0 Å². The van der Waals surface area contributed by atoms with Crippen molar-refractivity contribution >= 4 is 18.6 Å². The molecule has 0 aromatic heterocycles. The van der Waals surface area contributed by atoms with Crippen molar-refractivity contribution in [3.8, 4) is 0 Å². The van der Waals surface area contributed by atoms with E-state index in [4.69, 9.17) is 0 Å². The van der Waals surface area contributed by atoms with Gasteiger partial charge in [-0.25, -0.2) is 9.18 Å².